The van der Waals surface area contributed by atoms with Gasteiger partial charge in [-0.1, -0.05) is 0 Å². The van der Waals surface area contributed by atoms with Gasteiger partial charge in [-0.05, 0) is 26.3 Å². The van der Waals surface area contributed by atoms with Crippen molar-refractivity contribution in [3.63, 3.8) is 0 Å². The Balaban J connectivity index is 1.93. The van der Waals surface area contributed by atoms with Crippen molar-refractivity contribution in [2.45, 2.75) is 26.8 Å². The van der Waals surface area contributed by atoms with E-state index in [0.717, 1.165) is 30.6 Å². The van der Waals surface area contributed by atoms with Crippen molar-refractivity contribution in [2.75, 3.05) is 17.6 Å². The average molecular weight is 291 g/mol. The fourth-order valence-electron chi connectivity index (χ4n) is 1.99. The first kappa shape index (κ1) is 14.7. The van der Waals surface area contributed by atoms with Gasteiger partial charge in [-0.25, -0.2) is 4.98 Å². The second-order valence-corrected chi connectivity index (χ2v) is 4.65. The minimum Gasteiger partial charge on any atom is -0.368 e. The zero-order chi connectivity index (χ0) is 15.4. The molecule has 0 saturated carbocycles. The topological polar surface area (TPSA) is 125 Å². The summed E-state index contributed by atoms with van der Waals surface area (Å²) in [5.74, 6) is 0.141. The van der Waals surface area contributed by atoms with E-state index >= 15 is 0 Å². The van der Waals surface area contributed by atoms with Crippen molar-refractivity contribution < 1.29 is 4.92 Å². The quantitative estimate of drug-likeness (QED) is 0.466. The molecular formula is C12H17N7O2. The van der Waals surface area contributed by atoms with E-state index in [1.54, 1.807) is 0 Å². The van der Waals surface area contributed by atoms with Crippen molar-refractivity contribution in [1.82, 2.24) is 19.7 Å². The van der Waals surface area contributed by atoms with E-state index in [4.69, 9.17) is 5.73 Å². The fraction of sp³-hybridized carbons (Fsp3) is 0.417. The lowest BCUT2D eigenvalue weighted by Gasteiger charge is -2.07. The van der Waals surface area contributed by atoms with Gasteiger partial charge >= 0.3 is 5.69 Å². The van der Waals surface area contributed by atoms with Gasteiger partial charge in [0.15, 0.2) is 0 Å². The summed E-state index contributed by atoms with van der Waals surface area (Å²) in [4.78, 5) is 17.8. The summed E-state index contributed by atoms with van der Waals surface area (Å²) in [5.41, 5.74) is 7.32. The lowest BCUT2D eigenvalue weighted by Crippen LogP contribution is -2.12. The summed E-state index contributed by atoms with van der Waals surface area (Å²) in [6, 6.07) is 2.00. The van der Waals surface area contributed by atoms with Crippen LogP contribution in [0.3, 0.4) is 0 Å². The van der Waals surface area contributed by atoms with Crippen LogP contribution < -0.4 is 11.1 Å². The Kier molecular flexibility index (Phi) is 4.31. The summed E-state index contributed by atoms with van der Waals surface area (Å²) in [5, 5.41) is 18.1. The molecule has 0 aliphatic heterocycles. The number of nitrogens with zero attached hydrogens (tertiary/aromatic N) is 5. The number of nitrogens with one attached hydrogen (secondary N) is 1. The van der Waals surface area contributed by atoms with Crippen LogP contribution in [0.2, 0.25) is 0 Å². The van der Waals surface area contributed by atoms with Crippen LogP contribution in [0, 0.1) is 24.0 Å². The molecule has 0 radical (unpaired) electrons. The third-order valence-corrected chi connectivity index (χ3v) is 2.93. The Bertz CT molecular complexity index is 653. The van der Waals surface area contributed by atoms with Gasteiger partial charge in [-0.3, -0.25) is 14.8 Å². The largest absolute Gasteiger partial charge is 0.368 e. The third kappa shape index (κ3) is 3.65. The molecule has 2 aromatic rings. The van der Waals surface area contributed by atoms with Crippen LogP contribution in [0.5, 0.6) is 0 Å². The molecule has 112 valence electrons. The van der Waals surface area contributed by atoms with Crippen LogP contribution in [-0.2, 0) is 6.54 Å². The van der Waals surface area contributed by atoms with E-state index in [9.17, 15) is 10.1 Å². The predicted octanol–water partition coefficient (Wildman–Crippen LogP) is 1.28. The molecule has 0 fully saturated rings. The molecule has 0 amide bonds. The standard InChI is InChI=1S/C12H17N7O2/c1-8-6-9(2)18(17-8)5-3-4-14-11-10(19(20)21)7-15-12(13)16-11/h6-7H,3-5H2,1-2H3,(H3,13,14,15,16). The number of nitrogens with two attached hydrogens (primary N) is 1. The van der Waals surface area contributed by atoms with Crippen molar-refractivity contribution in [3.8, 4) is 0 Å². The number of rotatable bonds is 6. The molecule has 0 spiro atoms. The van der Waals surface area contributed by atoms with Gasteiger partial charge in [0.1, 0.15) is 6.20 Å². The van der Waals surface area contributed by atoms with Gasteiger partial charge in [0.05, 0.1) is 10.6 Å². The molecule has 0 bridgehead atoms. The minimum atomic E-state index is -0.539. The van der Waals surface area contributed by atoms with Gasteiger partial charge in [0, 0.05) is 18.8 Å². The lowest BCUT2D eigenvalue weighted by molar-refractivity contribution is -0.384. The number of hydrogen-bond acceptors (Lipinski definition) is 7. The summed E-state index contributed by atoms with van der Waals surface area (Å²) in [7, 11) is 0. The SMILES string of the molecule is Cc1cc(C)n(CCCNc2nc(N)ncc2[N+](=O)[O-])n1. The van der Waals surface area contributed by atoms with Gasteiger partial charge in [0.2, 0.25) is 11.8 Å². The molecule has 21 heavy (non-hydrogen) atoms. The number of hydrogen-bond donors (Lipinski definition) is 2. The number of aryl methyl sites for hydroxylation is 3. The van der Waals surface area contributed by atoms with Gasteiger partial charge in [-0.2, -0.15) is 10.1 Å². The smallest absolute Gasteiger partial charge is 0.329 e. The zero-order valence-electron chi connectivity index (χ0n) is 11.9. The van der Waals surface area contributed by atoms with Crippen molar-refractivity contribution in [3.05, 3.63) is 33.8 Å². The molecule has 0 atom stereocenters. The van der Waals surface area contributed by atoms with Crippen molar-refractivity contribution in [1.29, 1.82) is 0 Å². The number of aromatic nitrogens is 4. The molecule has 0 aliphatic carbocycles. The Hall–Kier alpha value is -2.71. The molecule has 2 rings (SSSR count). The van der Waals surface area contributed by atoms with E-state index in [1.165, 1.54) is 0 Å². The number of nitrogen functional groups attached to an aromatic ring is 1. The zero-order valence-corrected chi connectivity index (χ0v) is 11.9. The summed E-state index contributed by atoms with van der Waals surface area (Å²) < 4.78 is 1.90. The Morgan fingerprint density at radius 3 is 2.86 bits per heavy atom. The van der Waals surface area contributed by atoms with E-state index in [0.29, 0.717) is 6.54 Å². The van der Waals surface area contributed by atoms with Gasteiger partial charge in [-0.15, -0.1) is 0 Å². The number of anilines is 2. The first-order valence-corrected chi connectivity index (χ1v) is 6.49. The average Bonchev–Trinajstić information content (AvgIpc) is 2.73. The molecule has 9 heteroatoms. The monoisotopic (exact) mass is 291 g/mol. The first-order valence-electron chi connectivity index (χ1n) is 6.49. The molecular weight excluding hydrogens is 274 g/mol. The van der Waals surface area contributed by atoms with E-state index < -0.39 is 4.92 Å². The lowest BCUT2D eigenvalue weighted by atomic mass is 10.3. The van der Waals surface area contributed by atoms with Crippen LogP contribution in [-0.4, -0.2) is 31.2 Å². The second-order valence-electron chi connectivity index (χ2n) is 4.65. The summed E-state index contributed by atoms with van der Waals surface area (Å²) in [6.45, 7) is 5.18. The van der Waals surface area contributed by atoms with Gasteiger partial charge < -0.3 is 11.1 Å². The predicted molar refractivity (Wildman–Crippen MR) is 77.9 cm³/mol. The number of nitro groups is 1. The maximum atomic E-state index is 10.9. The maximum Gasteiger partial charge on any atom is 0.329 e. The molecule has 0 saturated heterocycles. The molecule has 0 aromatic carbocycles. The van der Waals surface area contributed by atoms with Crippen LogP contribution in [0.15, 0.2) is 12.3 Å². The molecule has 9 nitrogen and oxygen atoms in total. The molecule has 0 aliphatic rings. The second kappa shape index (κ2) is 6.16. The highest BCUT2D eigenvalue weighted by molar-refractivity contribution is 5.56. The fourth-order valence-corrected chi connectivity index (χ4v) is 1.99. The highest BCUT2D eigenvalue weighted by Gasteiger charge is 2.15. The molecule has 3 N–H and O–H groups in total. The molecule has 2 aromatic heterocycles. The maximum absolute atomic E-state index is 10.9. The summed E-state index contributed by atoms with van der Waals surface area (Å²) in [6.07, 6.45) is 1.86. The summed E-state index contributed by atoms with van der Waals surface area (Å²) >= 11 is 0. The van der Waals surface area contributed by atoms with Crippen molar-refractivity contribution in [2.24, 2.45) is 0 Å². The minimum absolute atomic E-state index is 0.00152. The molecule has 2 heterocycles. The van der Waals surface area contributed by atoms with Crippen molar-refractivity contribution >= 4 is 17.5 Å². The Morgan fingerprint density at radius 1 is 1.48 bits per heavy atom. The van der Waals surface area contributed by atoms with E-state index in [2.05, 4.69) is 20.4 Å². The first-order chi connectivity index (χ1) is 9.97. The van der Waals surface area contributed by atoms with Crippen LogP contribution in [0.25, 0.3) is 0 Å². The Labute approximate surface area is 121 Å². The van der Waals surface area contributed by atoms with Gasteiger partial charge in [0.25, 0.3) is 0 Å². The highest BCUT2D eigenvalue weighted by atomic mass is 16.6. The van der Waals surface area contributed by atoms with Crippen LogP contribution in [0.4, 0.5) is 17.5 Å². The van der Waals surface area contributed by atoms with E-state index in [-0.39, 0.29) is 17.5 Å². The van der Waals surface area contributed by atoms with Crippen LogP contribution >= 0.6 is 0 Å². The normalized spacial score (nSPS) is 10.6. The molecule has 0 unspecified atom stereocenters. The highest BCUT2D eigenvalue weighted by Crippen LogP contribution is 2.20. The van der Waals surface area contributed by atoms with E-state index in [1.807, 2.05) is 24.6 Å². The third-order valence-electron chi connectivity index (χ3n) is 2.93. The Morgan fingerprint density at radius 2 is 2.24 bits per heavy atom. The van der Waals surface area contributed by atoms with Crippen LogP contribution in [0.1, 0.15) is 17.8 Å².